The van der Waals surface area contributed by atoms with E-state index in [-0.39, 0.29) is 5.91 Å². The molecule has 0 unspecified atom stereocenters. The molecule has 0 saturated carbocycles. The zero-order valence-corrected chi connectivity index (χ0v) is 15.6. The first-order chi connectivity index (χ1) is 12.8. The molecule has 2 aromatic rings. The van der Waals surface area contributed by atoms with Crippen molar-refractivity contribution in [2.75, 3.05) is 26.2 Å². The quantitative estimate of drug-likeness (QED) is 0.835. The standard InChI is InChI=1S/C22H29N3O/c26-22(23-13-8-16-25-14-5-1-2-6-15-25)21-17-9-3-4-11-19(17)24-20-12-7-10-18(20)21/h3-4,9,11H,1-2,5-8,10,12-16H2,(H,23,26). The average Bonchev–Trinajstić information content (AvgIpc) is 2.96. The molecule has 138 valence electrons. The SMILES string of the molecule is O=C(NCCCN1CCCCCC1)c1c2c(nc3ccccc13)CCC2. The van der Waals surface area contributed by atoms with E-state index in [1.54, 1.807) is 0 Å². The lowest BCUT2D eigenvalue weighted by Crippen LogP contribution is -2.31. The van der Waals surface area contributed by atoms with Crippen molar-refractivity contribution in [3.63, 3.8) is 0 Å². The summed E-state index contributed by atoms with van der Waals surface area (Å²) in [5, 5.41) is 4.18. The molecular formula is C22H29N3O. The number of nitrogens with one attached hydrogen (secondary N) is 1. The van der Waals surface area contributed by atoms with Gasteiger partial charge < -0.3 is 10.2 Å². The molecule has 1 fully saturated rings. The number of benzene rings is 1. The number of amides is 1. The van der Waals surface area contributed by atoms with Crippen molar-refractivity contribution in [1.29, 1.82) is 0 Å². The summed E-state index contributed by atoms with van der Waals surface area (Å²) in [6, 6.07) is 8.05. The summed E-state index contributed by atoms with van der Waals surface area (Å²) in [5.74, 6) is 0.0811. The van der Waals surface area contributed by atoms with Crippen LogP contribution in [-0.2, 0) is 12.8 Å². The van der Waals surface area contributed by atoms with Gasteiger partial charge in [0.25, 0.3) is 5.91 Å². The third-order valence-electron chi connectivity index (χ3n) is 5.78. The zero-order chi connectivity index (χ0) is 17.8. The molecule has 4 rings (SSSR count). The maximum absolute atomic E-state index is 13.0. The highest BCUT2D eigenvalue weighted by atomic mass is 16.1. The van der Waals surface area contributed by atoms with E-state index < -0.39 is 0 Å². The molecule has 1 aromatic heterocycles. The topological polar surface area (TPSA) is 45.2 Å². The van der Waals surface area contributed by atoms with E-state index in [4.69, 9.17) is 4.98 Å². The van der Waals surface area contributed by atoms with Gasteiger partial charge >= 0.3 is 0 Å². The Labute approximate surface area is 156 Å². The summed E-state index contributed by atoms with van der Waals surface area (Å²) in [6.07, 6.45) is 9.48. The van der Waals surface area contributed by atoms with Crippen LogP contribution < -0.4 is 5.32 Å². The second-order valence-electron chi connectivity index (χ2n) is 7.65. The fourth-order valence-corrected chi connectivity index (χ4v) is 4.42. The molecule has 1 aliphatic carbocycles. The number of rotatable bonds is 5. The van der Waals surface area contributed by atoms with Crippen LogP contribution in [0, 0.1) is 0 Å². The van der Waals surface area contributed by atoms with Crippen LogP contribution in [0.2, 0.25) is 0 Å². The molecular weight excluding hydrogens is 322 g/mol. The predicted molar refractivity (Wildman–Crippen MR) is 106 cm³/mol. The van der Waals surface area contributed by atoms with Crippen molar-refractivity contribution in [2.45, 2.75) is 51.4 Å². The Bertz CT molecular complexity index is 778. The predicted octanol–water partition coefficient (Wildman–Crippen LogP) is 3.72. The molecule has 1 amide bonds. The number of aromatic nitrogens is 1. The number of likely N-dealkylation sites (tertiary alicyclic amines) is 1. The minimum atomic E-state index is 0.0811. The molecule has 1 aliphatic heterocycles. The number of para-hydroxylation sites is 1. The maximum Gasteiger partial charge on any atom is 0.252 e. The van der Waals surface area contributed by atoms with Gasteiger partial charge in [-0.05, 0) is 69.8 Å². The molecule has 1 saturated heterocycles. The summed E-state index contributed by atoms with van der Waals surface area (Å²) < 4.78 is 0. The highest BCUT2D eigenvalue weighted by Crippen LogP contribution is 2.29. The Morgan fingerprint density at radius 2 is 1.85 bits per heavy atom. The molecule has 26 heavy (non-hydrogen) atoms. The Balaban J connectivity index is 1.42. The van der Waals surface area contributed by atoms with Crippen molar-refractivity contribution < 1.29 is 4.79 Å². The van der Waals surface area contributed by atoms with Crippen LogP contribution in [0.15, 0.2) is 24.3 Å². The van der Waals surface area contributed by atoms with E-state index in [0.717, 1.165) is 60.9 Å². The molecule has 2 heterocycles. The van der Waals surface area contributed by atoms with Gasteiger partial charge in [-0.3, -0.25) is 9.78 Å². The number of nitrogens with zero attached hydrogens (tertiary/aromatic N) is 2. The van der Waals surface area contributed by atoms with Gasteiger partial charge in [-0.1, -0.05) is 31.0 Å². The number of carbonyl (C=O) groups excluding carboxylic acids is 1. The van der Waals surface area contributed by atoms with Crippen molar-refractivity contribution in [3.05, 3.63) is 41.1 Å². The summed E-state index contributed by atoms with van der Waals surface area (Å²) in [5.41, 5.74) is 4.12. The first kappa shape index (κ1) is 17.5. The van der Waals surface area contributed by atoms with E-state index in [1.165, 1.54) is 44.3 Å². The lowest BCUT2D eigenvalue weighted by Gasteiger charge is -2.19. The van der Waals surface area contributed by atoms with Crippen molar-refractivity contribution >= 4 is 16.8 Å². The number of carbonyl (C=O) groups is 1. The largest absolute Gasteiger partial charge is 0.352 e. The molecule has 2 aliphatic rings. The zero-order valence-electron chi connectivity index (χ0n) is 15.6. The molecule has 0 atom stereocenters. The third kappa shape index (κ3) is 3.75. The lowest BCUT2D eigenvalue weighted by molar-refractivity contribution is 0.0952. The van der Waals surface area contributed by atoms with Gasteiger partial charge in [0.15, 0.2) is 0 Å². The maximum atomic E-state index is 13.0. The molecule has 0 radical (unpaired) electrons. The number of aryl methyl sites for hydroxylation is 1. The Kier molecular flexibility index (Phi) is 5.49. The third-order valence-corrected chi connectivity index (χ3v) is 5.78. The van der Waals surface area contributed by atoms with E-state index in [0.29, 0.717) is 0 Å². The second kappa shape index (κ2) is 8.17. The van der Waals surface area contributed by atoms with Crippen LogP contribution in [0.25, 0.3) is 10.9 Å². The summed E-state index contributed by atoms with van der Waals surface area (Å²) in [6.45, 7) is 4.28. The molecule has 1 aromatic carbocycles. The summed E-state index contributed by atoms with van der Waals surface area (Å²) in [7, 11) is 0. The Hall–Kier alpha value is -1.94. The fraction of sp³-hybridized carbons (Fsp3) is 0.545. The molecule has 4 heteroatoms. The van der Waals surface area contributed by atoms with Crippen LogP contribution in [-0.4, -0.2) is 42.0 Å². The number of fused-ring (bicyclic) bond motifs is 2. The number of hydrogen-bond donors (Lipinski definition) is 1. The van der Waals surface area contributed by atoms with Crippen molar-refractivity contribution in [2.24, 2.45) is 0 Å². The monoisotopic (exact) mass is 351 g/mol. The molecule has 1 N–H and O–H groups in total. The van der Waals surface area contributed by atoms with Crippen LogP contribution >= 0.6 is 0 Å². The van der Waals surface area contributed by atoms with Crippen LogP contribution in [0.4, 0.5) is 0 Å². The van der Waals surface area contributed by atoms with Gasteiger partial charge in [0, 0.05) is 17.6 Å². The average molecular weight is 351 g/mol. The Morgan fingerprint density at radius 3 is 2.69 bits per heavy atom. The van der Waals surface area contributed by atoms with Crippen LogP contribution in [0.1, 0.15) is 60.1 Å². The number of pyridine rings is 1. The molecule has 0 spiro atoms. The normalized spacial score (nSPS) is 17.8. The van der Waals surface area contributed by atoms with Gasteiger partial charge in [0.2, 0.25) is 0 Å². The summed E-state index contributed by atoms with van der Waals surface area (Å²) >= 11 is 0. The summed E-state index contributed by atoms with van der Waals surface area (Å²) in [4.78, 5) is 20.3. The highest BCUT2D eigenvalue weighted by molar-refractivity contribution is 6.07. The minimum Gasteiger partial charge on any atom is -0.352 e. The fourth-order valence-electron chi connectivity index (χ4n) is 4.42. The first-order valence-corrected chi connectivity index (χ1v) is 10.2. The lowest BCUT2D eigenvalue weighted by atomic mass is 10.0. The Morgan fingerprint density at radius 1 is 1.04 bits per heavy atom. The van der Waals surface area contributed by atoms with Crippen molar-refractivity contribution in [1.82, 2.24) is 15.2 Å². The van der Waals surface area contributed by atoms with Gasteiger partial charge in [-0.25, -0.2) is 0 Å². The first-order valence-electron chi connectivity index (χ1n) is 10.2. The molecule has 4 nitrogen and oxygen atoms in total. The van der Waals surface area contributed by atoms with Gasteiger partial charge in [0.1, 0.15) is 0 Å². The van der Waals surface area contributed by atoms with Gasteiger partial charge in [-0.15, -0.1) is 0 Å². The van der Waals surface area contributed by atoms with Crippen LogP contribution in [0.3, 0.4) is 0 Å². The second-order valence-corrected chi connectivity index (χ2v) is 7.65. The van der Waals surface area contributed by atoms with Gasteiger partial charge in [0.05, 0.1) is 11.1 Å². The smallest absolute Gasteiger partial charge is 0.252 e. The van der Waals surface area contributed by atoms with Crippen molar-refractivity contribution in [3.8, 4) is 0 Å². The van der Waals surface area contributed by atoms with E-state index in [1.807, 2.05) is 24.3 Å². The van der Waals surface area contributed by atoms with Gasteiger partial charge in [-0.2, -0.15) is 0 Å². The van der Waals surface area contributed by atoms with E-state index in [9.17, 15) is 4.79 Å². The minimum absolute atomic E-state index is 0.0811. The van der Waals surface area contributed by atoms with E-state index in [2.05, 4.69) is 10.2 Å². The highest BCUT2D eigenvalue weighted by Gasteiger charge is 2.23. The van der Waals surface area contributed by atoms with Crippen LogP contribution in [0.5, 0.6) is 0 Å². The molecule has 0 bridgehead atoms. The number of hydrogen-bond acceptors (Lipinski definition) is 3. The van der Waals surface area contributed by atoms with E-state index >= 15 is 0 Å².